The smallest absolute Gasteiger partial charge is 0.248 e. The summed E-state index contributed by atoms with van der Waals surface area (Å²) in [6.07, 6.45) is 4.07. The molecule has 7 nitrogen and oxygen atoms in total. The molecule has 0 fully saturated rings. The molecule has 1 unspecified atom stereocenters. The third-order valence-corrected chi connectivity index (χ3v) is 4.62. The van der Waals surface area contributed by atoms with E-state index in [0.29, 0.717) is 16.6 Å². The Bertz CT molecular complexity index is 881. The molecule has 0 radical (unpaired) electrons. The number of aryl methyl sites for hydroxylation is 1. The van der Waals surface area contributed by atoms with Gasteiger partial charge in [-0.2, -0.15) is 5.10 Å². The largest absolute Gasteiger partial charge is 0.305 e. The maximum Gasteiger partial charge on any atom is 0.248 e. The van der Waals surface area contributed by atoms with E-state index < -0.39 is 6.04 Å². The molecule has 26 heavy (non-hydrogen) atoms. The number of hydrogen-bond donors (Lipinski definition) is 2. The van der Waals surface area contributed by atoms with Gasteiger partial charge in [0, 0.05) is 30.3 Å². The van der Waals surface area contributed by atoms with Crippen molar-refractivity contribution in [2.24, 2.45) is 7.05 Å². The molecule has 0 aliphatic rings. The quantitative estimate of drug-likeness (QED) is 0.649. The Hall–Kier alpha value is -2.00. The van der Waals surface area contributed by atoms with Crippen LogP contribution >= 0.6 is 35.3 Å². The third-order valence-electron chi connectivity index (χ3n) is 3.55. The van der Waals surface area contributed by atoms with E-state index in [1.165, 1.54) is 11.3 Å². The first-order valence-corrected chi connectivity index (χ1v) is 8.78. The Kier molecular flexibility index (Phi) is 7.10. The first kappa shape index (κ1) is 20.3. The number of amides is 1. The molecular formula is C16H18Cl2N6OS. The molecule has 2 heterocycles. The Morgan fingerprint density at radius 2 is 2.19 bits per heavy atom. The SMILES string of the molecule is CNC(C(=O)Nc1nnc(Cc2cccc(Cl)c2)s1)c1cnn(C)c1.Cl. The van der Waals surface area contributed by atoms with Gasteiger partial charge in [0.15, 0.2) is 0 Å². The highest BCUT2D eigenvalue weighted by Gasteiger charge is 2.21. The fourth-order valence-electron chi connectivity index (χ4n) is 2.41. The van der Waals surface area contributed by atoms with E-state index in [2.05, 4.69) is 25.9 Å². The molecule has 0 spiro atoms. The van der Waals surface area contributed by atoms with Crippen LogP contribution in [0.4, 0.5) is 5.13 Å². The lowest BCUT2D eigenvalue weighted by Gasteiger charge is -2.12. The number of anilines is 1. The molecule has 0 aliphatic heterocycles. The van der Waals surface area contributed by atoms with Gasteiger partial charge in [0.1, 0.15) is 11.0 Å². The van der Waals surface area contributed by atoms with Crippen molar-refractivity contribution in [3.05, 3.63) is 57.8 Å². The summed E-state index contributed by atoms with van der Waals surface area (Å²) in [7, 11) is 3.53. The standard InChI is InChI=1S/C16H17ClN6OS.ClH/c1-18-14(11-8-19-23(2)9-11)15(24)20-16-22-21-13(25-16)7-10-4-3-5-12(17)6-10;/h3-6,8-9,14,18H,7H2,1-2H3,(H,20,22,24);1H. The second-order valence-electron chi connectivity index (χ2n) is 5.47. The van der Waals surface area contributed by atoms with Crippen molar-refractivity contribution in [3.8, 4) is 0 Å². The molecule has 3 rings (SSSR count). The molecule has 3 aromatic rings. The van der Waals surface area contributed by atoms with Crippen molar-refractivity contribution in [2.45, 2.75) is 12.5 Å². The van der Waals surface area contributed by atoms with E-state index in [9.17, 15) is 4.79 Å². The molecule has 1 aromatic carbocycles. The molecular weight excluding hydrogens is 395 g/mol. The van der Waals surface area contributed by atoms with Crippen LogP contribution in [0.1, 0.15) is 22.2 Å². The van der Waals surface area contributed by atoms with Crippen LogP contribution < -0.4 is 10.6 Å². The van der Waals surface area contributed by atoms with E-state index in [1.54, 1.807) is 31.2 Å². The first-order valence-electron chi connectivity index (χ1n) is 7.58. The molecule has 0 bridgehead atoms. The van der Waals surface area contributed by atoms with Crippen molar-refractivity contribution >= 4 is 46.4 Å². The van der Waals surface area contributed by atoms with Crippen molar-refractivity contribution in [2.75, 3.05) is 12.4 Å². The Labute approximate surface area is 166 Å². The lowest BCUT2D eigenvalue weighted by Crippen LogP contribution is -2.30. The van der Waals surface area contributed by atoms with Crippen LogP contribution in [0.5, 0.6) is 0 Å². The molecule has 10 heteroatoms. The van der Waals surface area contributed by atoms with E-state index in [1.807, 2.05) is 24.3 Å². The van der Waals surface area contributed by atoms with Gasteiger partial charge < -0.3 is 5.32 Å². The predicted octanol–water partition coefficient (Wildman–Crippen LogP) is 2.84. The molecule has 2 N–H and O–H groups in total. The summed E-state index contributed by atoms with van der Waals surface area (Å²) in [4.78, 5) is 12.5. The molecule has 138 valence electrons. The highest BCUT2D eigenvalue weighted by molar-refractivity contribution is 7.15. The van der Waals surface area contributed by atoms with Crippen molar-refractivity contribution in [1.29, 1.82) is 0 Å². The Morgan fingerprint density at radius 3 is 2.85 bits per heavy atom. The van der Waals surface area contributed by atoms with E-state index in [0.717, 1.165) is 16.1 Å². The van der Waals surface area contributed by atoms with Crippen LogP contribution in [0.15, 0.2) is 36.7 Å². The van der Waals surface area contributed by atoms with Crippen LogP contribution in [0.3, 0.4) is 0 Å². The second-order valence-corrected chi connectivity index (χ2v) is 6.96. The number of likely N-dealkylation sites (N-methyl/N-ethyl adjacent to an activating group) is 1. The lowest BCUT2D eigenvalue weighted by molar-refractivity contribution is -0.118. The fraction of sp³-hybridized carbons (Fsp3) is 0.250. The summed E-state index contributed by atoms with van der Waals surface area (Å²) in [5.41, 5.74) is 1.83. The Morgan fingerprint density at radius 1 is 1.38 bits per heavy atom. The number of nitrogens with one attached hydrogen (secondary N) is 2. The van der Waals surface area contributed by atoms with Gasteiger partial charge in [0.25, 0.3) is 0 Å². The normalized spacial score (nSPS) is 11.7. The number of aromatic nitrogens is 4. The number of rotatable bonds is 6. The minimum atomic E-state index is -0.506. The van der Waals surface area contributed by atoms with E-state index >= 15 is 0 Å². The number of halogens is 2. The van der Waals surface area contributed by atoms with Gasteiger partial charge in [0.2, 0.25) is 11.0 Å². The summed E-state index contributed by atoms with van der Waals surface area (Å²) in [6.45, 7) is 0. The van der Waals surface area contributed by atoms with Crippen LogP contribution in [0, 0.1) is 0 Å². The average molecular weight is 413 g/mol. The minimum absolute atomic E-state index is 0. The maximum absolute atomic E-state index is 12.5. The minimum Gasteiger partial charge on any atom is -0.305 e. The zero-order valence-electron chi connectivity index (χ0n) is 14.1. The second kappa shape index (κ2) is 9.09. The summed E-state index contributed by atoms with van der Waals surface area (Å²) < 4.78 is 1.65. The van der Waals surface area contributed by atoms with Gasteiger partial charge in [-0.1, -0.05) is 35.1 Å². The van der Waals surface area contributed by atoms with Gasteiger partial charge >= 0.3 is 0 Å². The van der Waals surface area contributed by atoms with Crippen LogP contribution in [0.25, 0.3) is 0 Å². The zero-order valence-corrected chi connectivity index (χ0v) is 16.5. The molecule has 0 aliphatic carbocycles. The summed E-state index contributed by atoms with van der Waals surface area (Å²) >= 11 is 7.34. The number of nitrogens with zero attached hydrogens (tertiary/aromatic N) is 4. The maximum atomic E-state index is 12.5. The highest BCUT2D eigenvalue weighted by Crippen LogP contribution is 2.22. The summed E-state index contributed by atoms with van der Waals surface area (Å²) in [5, 5.41) is 20.0. The van der Waals surface area contributed by atoms with Crippen LogP contribution in [-0.4, -0.2) is 32.9 Å². The summed E-state index contributed by atoms with van der Waals surface area (Å²) in [6, 6.07) is 7.08. The van der Waals surface area contributed by atoms with Gasteiger partial charge in [-0.3, -0.25) is 14.8 Å². The number of carbonyl (C=O) groups is 1. The zero-order chi connectivity index (χ0) is 17.8. The van der Waals surface area contributed by atoms with Crippen molar-refractivity contribution in [3.63, 3.8) is 0 Å². The van der Waals surface area contributed by atoms with Gasteiger partial charge in [0.05, 0.1) is 6.20 Å². The molecule has 1 amide bonds. The van der Waals surface area contributed by atoms with Crippen molar-refractivity contribution in [1.82, 2.24) is 25.3 Å². The molecule has 2 aromatic heterocycles. The summed E-state index contributed by atoms with van der Waals surface area (Å²) in [5.74, 6) is -0.207. The monoisotopic (exact) mass is 412 g/mol. The third kappa shape index (κ3) is 5.01. The van der Waals surface area contributed by atoms with Crippen molar-refractivity contribution < 1.29 is 4.79 Å². The molecule has 1 atom stereocenters. The topological polar surface area (TPSA) is 84.7 Å². The molecule has 0 saturated carbocycles. The Balaban J connectivity index is 0.00000243. The predicted molar refractivity (Wildman–Crippen MR) is 105 cm³/mol. The van der Waals surface area contributed by atoms with Gasteiger partial charge in [-0.15, -0.1) is 22.6 Å². The van der Waals surface area contributed by atoms with Gasteiger partial charge in [-0.25, -0.2) is 0 Å². The number of carbonyl (C=O) groups excluding carboxylic acids is 1. The van der Waals surface area contributed by atoms with E-state index in [4.69, 9.17) is 11.6 Å². The average Bonchev–Trinajstić information content (AvgIpc) is 3.17. The molecule has 0 saturated heterocycles. The number of benzene rings is 1. The number of hydrogen-bond acceptors (Lipinski definition) is 6. The lowest BCUT2D eigenvalue weighted by atomic mass is 10.1. The van der Waals surface area contributed by atoms with Crippen LogP contribution in [0.2, 0.25) is 5.02 Å². The fourth-order valence-corrected chi connectivity index (χ4v) is 3.40. The highest BCUT2D eigenvalue weighted by atomic mass is 35.5. The first-order chi connectivity index (χ1) is 12.0. The van der Waals surface area contributed by atoms with E-state index in [-0.39, 0.29) is 18.3 Å². The van der Waals surface area contributed by atoms with Crippen LogP contribution in [-0.2, 0) is 18.3 Å². The van der Waals surface area contributed by atoms with Gasteiger partial charge in [-0.05, 0) is 24.7 Å².